The standard InChI is InChI=1S/C17H17NO4/c1-12-7-9-13(10-8-12)22-11-16(19)18(2)15-6-4-3-5-14(15)17(20)21/h3-10H,11H2,1-2H3,(H,20,21). The van der Waals surface area contributed by atoms with Gasteiger partial charge in [0.2, 0.25) is 0 Å². The zero-order valence-electron chi connectivity index (χ0n) is 12.4. The molecule has 2 rings (SSSR count). The molecule has 0 saturated carbocycles. The monoisotopic (exact) mass is 299 g/mol. The highest BCUT2D eigenvalue weighted by Crippen LogP contribution is 2.19. The Morgan fingerprint density at radius 3 is 2.36 bits per heavy atom. The highest BCUT2D eigenvalue weighted by atomic mass is 16.5. The molecule has 0 aliphatic carbocycles. The lowest BCUT2D eigenvalue weighted by atomic mass is 10.1. The van der Waals surface area contributed by atoms with E-state index in [2.05, 4.69) is 0 Å². The lowest BCUT2D eigenvalue weighted by molar-refractivity contribution is -0.120. The van der Waals surface area contributed by atoms with Gasteiger partial charge in [-0.25, -0.2) is 4.79 Å². The number of aryl methyl sites for hydroxylation is 1. The Kier molecular flexibility index (Phi) is 4.78. The van der Waals surface area contributed by atoms with Crippen molar-refractivity contribution in [1.82, 2.24) is 0 Å². The molecule has 0 aliphatic heterocycles. The van der Waals surface area contributed by atoms with Crippen molar-refractivity contribution in [2.24, 2.45) is 0 Å². The lowest BCUT2D eigenvalue weighted by Gasteiger charge is -2.19. The molecule has 0 heterocycles. The quantitative estimate of drug-likeness (QED) is 0.922. The van der Waals surface area contributed by atoms with Crippen molar-refractivity contribution in [3.05, 3.63) is 59.7 Å². The molecule has 0 radical (unpaired) electrons. The van der Waals surface area contributed by atoms with E-state index in [1.54, 1.807) is 30.3 Å². The fraction of sp³-hybridized carbons (Fsp3) is 0.176. The summed E-state index contributed by atoms with van der Waals surface area (Å²) in [5, 5.41) is 9.16. The molecule has 0 fully saturated rings. The zero-order valence-corrected chi connectivity index (χ0v) is 12.4. The second kappa shape index (κ2) is 6.76. The molecule has 0 aliphatic rings. The van der Waals surface area contributed by atoms with E-state index in [4.69, 9.17) is 9.84 Å². The van der Waals surface area contributed by atoms with E-state index in [-0.39, 0.29) is 18.1 Å². The van der Waals surface area contributed by atoms with Crippen molar-refractivity contribution in [3.63, 3.8) is 0 Å². The number of anilines is 1. The number of benzene rings is 2. The first-order chi connectivity index (χ1) is 10.5. The van der Waals surface area contributed by atoms with Crippen LogP contribution in [0.3, 0.4) is 0 Å². The Bertz CT molecular complexity index is 679. The predicted molar refractivity (Wildman–Crippen MR) is 83.5 cm³/mol. The number of carbonyl (C=O) groups is 2. The minimum absolute atomic E-state index is 0.0775. The van der Waals surface area contributed by atoms with Crippen LogP contribution in [0.25, 0.3) is 0 Å². The van der Waals surface area contributed by atoms with Crippen molar-refractivity contribution in [2.75, 3.05) is 18.6 Å². The number of aromatic carboxylic acids is 1. The summed E-state index contributed by atoms with van der Waals surface area (Å²) in [7, 11) is 1.53. The number of nitrogens with zero attached hydrogens (tertiary/aromatic N) is 1. The Hall–Kier alpha value is -2.82. The number of rotatable bonds is 5. The number of carbonyl (C=O) groups excluding carboxylic acids is 1. The molecule has 0 atom stereocenters. The molecule has 22 heavy (non-hydrogen) atoms. The van der Waals surface area contributed by atoms with E-state index >= 15 is 0 Å². The summed E-state index contributed by atoms with van der Waals surface area (Å²) >= 11 is 0. The first kappa shape index (κ1) is 15.6. The van der Waals surface area contributed by atoms with Crippen LogP contribution < -0.4 is 9.64 Å². The maximum atomic E-state index is 12.2. The van der Waals surface area contributed by atoms with E-state index in [0.29, 0.717) is 11.4 Å². The molecule has 0 aromatic heterocycles. The lowest BCUT2D eigenvalue weighted by Crippen LogP contribution is -2.32. The third-order valence-electron chi connectivity index (χ3n) is 3.25. The summed E-state index contributed by atoms with van der Waals surface area (Å²) < 4.78 is 5.43. The van der Waals surface area contributed by atoms with Crippen molar-refractivity contribution in [2.45, 2.75) is 6.92 Å². The molecule has 0 saturated heterocycles. The number of likely N-dealkylation sites (N-methyl/N-ethyl adjacent to an activating group) is 1. The molecule has 2 aromatic carbocycles. The van der Waals surface area contributed by atoms with Crippen LogP contribution in [0.1, 0.15) is 15.9 Å². The highest BCUT2D eigenvalue weighted by Gasteiger charge is 2.18. The van der Waals surface area contributed by atoms with Crippen molar-refractivity contribution in [3.8, 4) is 5.75 Å². The van der Waals surface area contributed by atoms with Gasteiger partial charge < -0.3 is 14.7 Å². The maximum Gasteiger partial charge on any atom is 0.337 e. The molecule has 0 bridgehead atoms. The van der Waals surface area contributed by atoms with Gasteiger partial charge in [0.1, 0.15) is 5.75 Å². The van der Waals surface area contributed by atoms with Crippen LogP contribution in [0, 0.1) is 6.92 Å². The normalized spacial score (nSPS) is 10.1. The van der Waals surface area contributed by atoms with E-state index in [0.717, 1.165) is 5.56 Å². The molecule has 5 nitrogen and oxygen atoms in total. The van der Waals surface area contributed by atoms with E-state index < -0.39 is 5.97 Å². The molecule has 1 amide bonds. The summed E-state index contributed by atoms with van der Waals surface area (Å²) in [6, 6.07) is 13.7. The molecular formula is C17H17NO4. The van der Waals surface area contributed by atoms with Gasteiger partial charge >= 0.3 is 5.97 Å². The Morgan fingerprint density at radius 1 is 1.09 bits per heavy atom. The number of hydrogen-bond acceptors (Lipinski definition) is 3. The first-order valence-electron chi connectivity index (χ1n) is 6.77. The average molecular weight is 299 g/mol. The number of ether oxygens (including phenoxy) is 1. The summed E-state index contributed by atoms with van der Waals surface area (Å²) in [4.78, 5) is 24.6. The molecule has 2 aromatic rings. The van der Waals surface area contributed by atoms with Crippen LogP contribution in [0.4, 0.5) is 5.69 Å². The summed E-state index contributed by atoms with van der Waals surface area (Å²) in [6.45, 7) is 1.80. The molecule has 0 spiro atoms. The molecular weight excluding hydrogens is 282 g/mol. The summed E-state index contributed by atoms with van der Waals surface area (Å²) in [5.41, 5.74) is 1.52. The van der Waals surface area contributed by atoms with Crippen LogP contribution in [0.15, 0.2) is 48.5 Å². The number of amides is 1. The van der Waals surface area contributed by atoms with Crippen molar-refractivity contribution >= 4 is 17.6 Å². The van der Waals surface area contributed by atoms with Gasteiger partial charge in [-0.2, -0.15) is 0 Å². The average Bonchev–Trinajstić information content (AvgIpc) is 2.53. The van der Waals surface area contributed by atoms with Gasteiger partial charge in [0.05, 0.1) is 11.3 Å². The Labute approximate surface area is 128 Å². The number of carboxylic acid groups (broad SMARTS) is 1. The van der Waals surface area contributed by atoms with Crippen LogP contribution in [-0.2, 0) is 4.79 Å². The molecule has 1 N–H and O–H groups in total. The second-order valence-corrected chi connectivity index (χ2v) is 4.88. The maximum absolute atomic E-state index is 12.2. The minimum Gasteiger partial charge on any atom is -0.484 e. The Balaban J connectivity index is 2.06. The van der Waals surface area contributed by atoms with Gasteiger partial charge in [0.15, 0.2) is 6.61 Å². The minimum atomic E-state index is -1.07. The van der Waals surface area contributed by atoms with E-state index in [1.165, 1.54) is 18.0 Å². The van der Waals surface area contributed by atoms with Gasteiger partial charge in [-0.05, 0) is 31.2 Å². The van der Waals surface area contributed by atoms with Crippen LogP contribution >= 0.6 is 0 Å². The van der Waals surface area contributed by atoms with Crippen molar-refractivity contribution < 1.29 is 19.4 Å². The third-order valence-corrected chi connectivity index (χ3v) is 3.25. The van der Waals surface area contributed by atoms with Crippen molar-refractivity contribution in [1.29, 1.82) is 0 Å². The van der Waals surface area contributed by atoms with E-state index in [1.807, 2.05) is 19.1 Å². The fourth-order valence-electron chi connectivity index (χ4n) is 1.96. The SMILES string of the molecule is Cc1ccc(OCC(=O)N(C)c2ccccc2C(=O)O)cc1. The largest absolute Gasteiger partial charge is 0.484 e. The third kappa shape index (κ3) is 3.63. The fourth-order valence-corrected chi connectivity index (χ4v) is 1.96. The summed E-state index contributed by atoms with van der Waals surface area (Å²) in [5.74, 6) is -0.803. The summed E-state index contributed by atoms with van der Waals surface area (Å²) in [6.07, 6.45) is 0. The smallest absolute Gasteiger partial charge is 0.337 e. The molecule has 0 unspecified atom stereocenters. The predicted octanol–water partition coefficient (Wildman–Crippen LogP) is 2.74. The first-order valence-corrected chi connectivity index (χ1v) is 6.77. The number of para-hydroxylation sites is 1. The number of hydrogen-bond donors (Lipinski definition) is 1. The van der Waals surface area contributed by atoms with Gasteiger partial charge in [0, 0.05) is 7.05 Å². The second-order valence-electron chi connectivity index (χ2n) is 4.88. The Morgan fingerprint density at radius 2 is 1.73 bits per heavy atom. The van der Waals surface area contributed by atoms with Crippen LogP contribution in [0.2, 0.25) is 0 Å². The molecule has 5 heteroatoms. The highest BCUT2D eigenvalue weighted by molar-refractivity contribution is 6.02. The number of carboxylic acids is 1. The van der Waals surface area contributed by atoms with Gasteiger partial charge in [-0.3, -0.25) is 4.79 Å². The van der Waals surface area contributed by atoms with Gasteiger partial charge in [-0.1, -0.05) is 29.8 Å². The van der Waals surface area contributed by atoms with Gasteiger partial charge in [-0.15, -0.1) is 0 Å². The molecule has 114 valence electrons. The topological polar surface area (TPSA) is 66.8 Å². The van der Waals surface area contributed by atoms with Gasteiger partial charge in [0.25, 0.3) is 5.91 Å². The zero-order chi connectivity index (χ0) is 16.1. The van der Waals surface area contributed by atoms with Crippen LogP contribution in [0.5, 0.6) is 5.75 Å². The van der Waals surface area contributed by atoms with E-state index in [9.17, 15) is 9.59 Å². The van der Waals surface area contributed by atoms with Crippen LogP contribution in [-0.4, -0.2) is 30.6 Å².